The van der Waals surface area contributed by atoms with Crippen LogP contribution in [0.2, 0.25) is 0 Å². The molecule has 0 bridgehead atoms. The summed E-state index contributed by atoms with van der Waals surface area (Å²) >= 11 is 0. The van der Waals surface area contributed by atoms with Crippen LogP contribution in [0.4, 0.5) is 0 Å². The largest absolute Gasteiger partial charge is 0.308 e. The summed E-state index contributed by atoms with van der Waals surface area (Å²) in [7, 11) is 0.708. The Hall–Kier alpha value is -0.130. The molecule has 0 radical (unpaired) electrons. The van der Waals surface area contributed by atoms with E-state index in [0.29, 0.717) is 6.54 Å². The maximum Gasteiger partial charge on any atom is 0.213 e. The van der Waals surface area contributed by atoms with E-state index in [1.54, 1.807) is 0 Å². The zero-order valence-electron chi connectivity index (χ0n) is 8.99. The fourth-order valence-electron chi connectivity index (χ4n) is 1.66. The van der Waals surface area contributed by atoms with Gasteiger partial charge < -0.3 is 4.90 Å². The molecule has 1 aliphatic rings. The first-order chi connectivity index (χ1) is 6.49. The van der Waals surface area contributed by atoms with Gasteiger partial charge in [-0.05, 0) is 26.9 Å². The molecule has 0 aromatic rings. The Morgan fingerprint density at radius 2 is 1.86 bits per heavy atom. The zero-order chi connectivity index (χ0) is 10.6. The molecule has 1 N–H and O–H groups in total. The molecule has 0 aromatic carbocycles. The molecule has 5 heteroatoms. The van der Waals surface area contributed by atoms with Gasteiger partial charge in [0.15, 0.2) is 0 Å². The van der Waals surface area contributed by atoms with E-state index in [0.717, 1.165) is 25.7 Å². The predicted molar refractivity (Wildman–Crippen MR) is 57.7 cm³/mol. The summed E-state index contributed by atoms with van der Waals surface area (Å²) in [5, 5.41) is 0. The first-order valence-electron chi connectivity index (χ1n) is 5.14. The number of hydrogen-bond acceptors (Lipinski definition) is 3. The number of rotatable bonds is 5. The van der Waals surface area contributed by atoms with Crippen molar-refractivity contribution in [3.63, 3.8) is 0 Å². The van der Waals surface area contributed by atoms with E-state index in [-0.39, 0.29) is 11.8 Å². The molecular weight excluding hydrogens is 200 g/mol. The highest BCUT2D eigenvalue weighted by molar-refractivity contribution is 7.89. The van der Waals surface area contributed by atoms with Crippen LogP contribution < -0.4 is 4.72 Å². The molecule has 4 nitrogen and oxygen atoms in total. The second-order valence-corrected chi connectivity index (χ2v) is 6.09. The maximum absolute atomic E-state index is 11.6. The number of sulfonamides is 1. The average Bonchev–Trinajstić information content (AvgIpc) is 2.53. The van der Waals surface area contributed by atoms with E-state index in [4.69, 9.17) is 0 Å². The Morgan fingerprint density at radius 1 is 1.29 bits per heavy atom. The lowest BCUT2D eigenvalue weighted by Crippen LogP contribution is -2.37. The standard InChI is InChI=1S/C9H20N2O2S/c1-11(2)7-8-14(12,13)10-9-5-3-4-6-9/h9-10H,3-8H2,1-2H3. The first kappa shape index (κ1) is 11.9. The summed E-state index contributed by atoms with van der Waals surface area (Å²) in [6, 6.07) is 0.196. The normalized spacial score (nSPS) is 19.4. The summed E-state index contributed by atoms with van der Waals surface area (Å²) in [6.07, 6.45) is 4.31. The Bertz CT molecular complexity index is 256. The SMILES string of the molecule is CN(C)CCS(=O)(=O)NC1CCCC1. The molecule has 0 atom stereocenters. The summed E-state index contributed by atoms with van der Waals surface area (Å²) in [4.78, 5) is 1.88. The number of nitrogens with one attached hydrogen (secondary N) is 1. The van der Waals surface area contributed by atoms with Crippen molar-refractivity contribution in [2.45, 2.75) is 31.7 Å². The Kier molecular flexibility index (Phi) is 4.34. The molecule has 0 aliphatic heterocycles. The lowest BCUT2D eigenvalue weighted by Gasteiger charge is -2.14. The molecule has 1 fully saturated rings. The molecular formula is C9H20N2O2S. The van der Waals surface area contributed by atoms with Crippen LogP contribution in [0.15, 0.2) is 0 Å². The van der Waals surface area contributed by atoms with Gasteiger partial charge in [0.2, 0.25) is 10.0 Å². The van der Waals surface area contributed by atoms with E-state index < -0.39 is 10.0 Å². The van der Waals surface area contributed by atoms with Crippen molar-refractivity contribution in [1.29, 1.82) is 0 Å². The molecule has 0 heterocycles. The molecule has 1 aliphatic carbocycles. The van der Waals surface area contributed by atoms with Crippen LogP contribution in [0.3, 0.4) is 0 Å². The average molecular weight is 220 g/mol. The second-order valence-electron chi connectivity index (χ2n) is 4.22. The summed E-state index contributed by atoms with van der Waals surface area (Å²) < 4.78 is 25.9. The molecule has 0 aromatic heterocycles. The van der Waals surface area contributed by atoms with Crippen molar-refractivity contribution in [3.8, 4) is 0 Å². The summed E-state index contributed by atoms with van der Waals surface area (Å²) in [5.74, 6) is 0.205. The second kappa shape index (κ2) is 5.09. The topological polar surface area (TPSA) is 49.4 Å². The van der Waals surface area contributed by atoms with Crippen molar-refractivity contribution in [2.75, 3.05) is 26.4 Å². The van der Waals surface area contributed by atoms with Gasteiger partial charge in [0.25, 0.3) is 0 Å². The minimum absolute atomic E-state index is 0.196. The third kappa shape index (κ3) is 4.39. The fraction of sp³-hybridized carbons (Fsp3) is 1.00. The van der Waals surface area contributed by atoms with Crippen LogP contribution >= 0.6 is 0 Å². The third-order valence-corrected chi connectivity index (χ3v) is 3.92. The van der Waals surface area contributed by atoms with Gasteiger partial charge in [-0.15, -0.1) is 0 Å². The van der Waals surface area contributed by atoms with Crippen molar-refractivity contribution >= 4 is 10.0 Å². The number of hydrogen-bond donors (Lipinski definition) is 1. The molecule has 1 saturated carbocycles. The molecule has 0 spiro atoms. The summed E-state index contributed by atoms with van der Waals surface area (Å²) in [5.41, 5.74) is 0. The van der Waals surface area contributed by atoms with Crippen molar-refractivity contribution < 1.29 is 8.42 Å². The molecule has 0 amide bonds. The van der Waals surface area contributed by atoms with Crippen molar-refractivity contribution in [3.05, 3.63) is 0 Å². The van der Waals surface area contributed by atoms with Gasteiger partial charge in [0.05, 0.1) is 5.75 Å². The lowest BCUT2D eigenvalue weighted by atomic mass is 10.3. The van der Waals surface area contributed by atoms with Crippen LogP contribution in [0.25, 0.3) is 0 Å². The molecule has 14 heavy (non-hydrogen) atoms. The van der Waals surface area contributed by atoms with Gasteiger partial charge >= 0.3 is 0 Å². The van der Waals surface area contributed by atoms with E-state index in [1.807, 2.05) is 19.0 Å². The molecule has 0 saturated heterocycles. The van der Waals surface area contributed by atoms with Crippen LogP contribution in [-0.4, -0.2) is 45.8 Å². The minimum atomic E-state index is -3.05. The monoisotopic (exact) mass is 220 g/mol. The van der Waals surface area contributed by atoms with Gasteiger partial charge in [-0.25, -0.2) is 13.1 Å². The molecule has 84 valence electrons. The minimum Gasteiger partial charge on any atom is -0.308 e. The first-order valence-corrected chi connectivity index (χ1v) is 6.79. The van der Waals surface area contributed by atoms with Crippen LogP contribution in [0.5, 0.6) is 0 Å². The number of nitrogens with zero attached hydrogens (tertiary/aromatic N) is 1. The quantitative estimate of drug-likeness (QED) is 0.730. The van der Waals surface area contributed by atoms with Gasteiger partial charge in [-0.2, -0.15) is 0 Å². The van der Waals surface area contributed by atoms with Crippen molar-refractivity contribution in [1.82, 2.24) is 9.62 Å². The Morgan fingerprint density at radius 3 is 2.36 bits per heavy atom. The highest BCUT2D eigenvalue weighted by Crippen LogP contribution is 2.18. The maximum atomic E-state index is 11.6. The van der Waals surface area contributed by atoms with E-state index in [9.17, 15) is 8.42 Å². The summed E-state index contributed by atoms with van der Waals surface area (Å²) in [6.45, 7) is 0.585. The Balaban J connectivity index is 2.33. The van der Waals surface area contributed by atoms with E-state index in [2.05, 4.69) is 4.72 Å². The van der Waals surface area contributed by atoms with Crippen molar-refractivity contribution in [2.24, 2.45) is 0 Å². The van der Waals surface area contributed by atoms with Gasteiger partial charge in [0, 0.05) is 12.6 Å². The third-order valence-electron chi connectivity index (χ3n) is 2.51. The fourth-order valence-corrected chi connectivity index (χ4v) is 3.13. The zero-order valence-corrected chi connectivity index (χ0v) is 9.81. The smallest absolute Gasteiger partial charge is 0.213 e. The van der Waals surface area contributed by atoms with Crippen LogP contribution in [0.1, 0.15) is 25.7 Å². The highest BCUT2D eigenvalue weighted by atomic mass is 32.2. The van der Waals surface area contributed by atoms with E-state index >= 15 is 0 Å². The predicted octanol–water partition coefficient (Wildman–Crippen LogP) is 0.410. The molecule has 0 unspecified atom stereocenters. The van der Waals surface area contributed by atoms with Crippen LogP contribution in [-0.2, 0) is 10.0 Å². The molecule has 1 rings (SSSR count). The van der Waals surface area contributed by atoms with Gasteiger partial charge in [-0.1, -0.05) is 12.8 Å². The Labute approximate surface area is 86.7 Å². The lowest BCUT2D eigenvalue weighted by molar-refractivity contribution is 0.430. The van der Waals surface area contributed by atoms with Gasteiger partial charge in [0.1, 0.15) is 0 Å². The highest BCUT2D eigenvalue weighted by Gasteiger charge is 2.20. The van der Waals surface area contributed by atoms with Gasteiger partial charge in [-0.3, -0.25) is 0 Å². The van der Waals surface area contributed by atoms with Crippen LogP contribution in [0, 0.1) is 0 Å². The van der Waals surface area contributed by atoms with E-state index in [1.165, 1.54) is 0 Å².